The summed E-state index contributed by atoms with van der Waals surface area (Å²) in [7, 11) is 0. The van der Waals surface area contributed by atoms with Crippen molar-refractivity contribution in [2.45, 2.75) is 19.8 Å². The van der Waals surface area contributed by atoms with Gasteiger partial charge in [0.25, 0.3) is 0 Å². The molecule has 3 nitrogen and oxygen atoms in total. The summed E-state index contributed by atoms with van der Waals surface area (Å²) in [6.07, 6.45) is 1.67. The van der Waals surface area contributed by atoms with Gasteiger partial charge in [0.1, 0.15) is 0 Å². The van der Waals surface area contributed by atoms with Crippen molar-refractivity contribution >= 4 is 5.78 Å². The maximum Gasteiger partial charge on any atom is 0.164 e. The maximum absolute atomic E-state index is 12.1. The molecule has 0 unspecified atom stereocenters. The van der Waals surface area contributed by atoms with Crippen LogP contribution in [0, 0.1) is 6.92 Å². The number of aryl methyl sites for hydroxylation is 1. The van der Waals surface area contributed by atoms with Gasteiger partial charge >= 0.3 is 0 Å². The molecule has 1 aliphatic heterocycles. The second-order valence-electron chi connectivity index (χ2n) is 4.80. The van der Waals surface area contributed by atoms with Crippen molar-refractivity contribution in [2.75, 3.05) is 32.8 Å². The van der Waals surface area contributed by atoms with Crippen molar-refractivity contribution in [3.63, 3.8) is 0 Å². The Morgan fingerprint density at radius 2 is 2.11 bits per heavy atom. The summed E-state index contributed by atoms with van der Waals surface area (Å²) in [6.45, 7) is 6.46. The fourth-order valence-corrected chi connectivity index (χ4v) is 2.30. The van der Waals surface area contributed by atoms with E-state index in [9.17, 15) is 4.79 Å². The molecule has 0 radical (unpaired) electrons. The SMILES string of the molecule is Cc1ccccc1C(=O)CCN1CCCOCC1. The number of benzene rings is 1. The smallest absolute Gasteiger partial charge is 0.164 e. The largest absolute Gasteiger partial charge is 0.380 e. The summed E-state index contributed by atoms with van der Waals surface area (Å²) < 4.78 is 5.41. The molecule has 0 aromatic heterocycles. The van der Waals surface area contributed by atoms with Gasteiger partial charge in [-0.2, -0.15) is 0 Å². The molecule has 98 valence electrons. The van der Waals surface area contributed by atoms with Gasteiger partial charge in [0, 0.05) is 38.2 Å². The topological polar surface area (TPSA) is 29.5 Å². The average molecular weight is 247 g/mol. The monoisotopic (exact) mass is 247 g/mol. The van der Waals surface area contributed by atoms with Crippen LogP contribution in [0.3, 0.4) is 0 Å². The Hall–Kier alpha value is -1.19. The third kappa shape index (κ3) is 3.65. The molecule has 0 saturated carbocycles. The van der Waals surface area contributed by atoms with Crippen LogP contribution in [0.4, 0.5) is 0 Å². The molecular formula is C15H21NO2. The lowest BCUT2D eigenvalue weighted by Crippen LogP contribution is -2.29. The van der Waals surface area contributed by atoms with Crippen LogP contribution in [-0.4, -0.2) is 43.5 Å². The van der Waals surface area contributed by atoms with Gasteiger partial charge in [-0.1, -0.05) is 24.3 Å². The Labute approximate surface area is 109 Å². The third-order valence-corrected chi connectivity index (χ3v) is 3.42. The molecule has 0 spiro atoms. The van der Waals surface area contributed by atoms with Crippen LogP contribution in [0.2, 0.25) is 0 Å². The number of Topliss-reactive ketones (excluding diaryl/α,β-unsaturated/α-hetero) is 1. The first-order valence-electron chi connectivity index (χ1n) is 6.66. The minimum absolute atomic E-state index is 0.248. The van der Waals surface area contributed by atoms with Crippen molar-refractivity contribution in [3.05, 3.63) is 35.4 Å². The molecule has 18 heavy (non-hydrogen) atoms. The Balaban J connectivity index is 1.86. The second kappa shape index (κ2) is 6.66. The lowest BCUT2D eigenvalue weighted by molar-refractivity contribution is 0.0959. The minimum Gasteiger partial charge on any atom is -0.380 e. The summed E-state index contributed by atoms with van der Waals surface area (Å²) >= 11 is 0. The Kier molecular flexibility index (Phi) is 4.90. The number of rotatable bonds is 4. The Bertz CT molecular complexity index is 395. The van der Waals surface area contributed by atoms with Crippen LogP contribution in [0.5, 0.6) is 0 Å². The van der Waals surface area contributed by atoms with Gasteiger partial charge in [-0.3, -0.25) is 4.79 Å². The van der Waals surface area contributed by atoms with Crippen LogP contribution in [0.15, 0.2) is 24.3 Å². The molecule has 1 heterocycles. The van der Waals surface area contributed by atoms with E-state index in [1.165, 1.54) is 0 Å². The molecule has 1 aromatic rings. The van der Waals surface area contributed by atoms with Gasteiger partial charge in [-0.05, 0) is 18.9 Å². The number of ether oxygens (including phenoxy) is 1. The van der Waals surface area contributed by atoms with Crippen LogP contribution in [-0.2, 0) is 4.74 Å². The zero-order valence-corrected chi connectivity index (χ0v) is 11.0. The number of hydrogen-bond donors (Lipinski definition) is 0. The molecule has 1 saturated heterocycles. The van der Waals surface area contributed by atoms with Crippen molar-refractivity contribution in [1.29, 1.82) is 0 Å². The average Bonchev–Trinajstić information content (AvgIpc) is 2.65. The van der Waals surface area contributed by atoms with Gasteiger partial charge in [-0.25, -0.2) is 0 Å². The number of hydrogen-bond acceptors (Lipinski definition) is 3. The standard InChI is InChI=1S/C15H21NO2/c1-13-5-2-3-6-14(13)15(17)7-9-16-8-4-11-18-12-10-16/h2-3,5-6H,4,7-12H2,1H3. The van der Waals surface area contributed by atoms with E-state index < -0.39 is 0 Å². The van der Waals surface area contributed by atoms with E-state index in [0.717, 1.165) is 50.4 Å². The molecule has 3 heteroatoms. The quantitative estimate of drug-likeness (QED) is 0.765. The summed E-state index contributed by atoms with van der Waals surface area (Å²) in [5.74, 6) is 0.248. The van der Waals surface area contributed by atoms with Crippen molar-refractivity contribution < 1.29 is 9.53 Å². The second-order valence-corrected chi connectivity index (χ2v) is 4.80. The predicted molar refractivity (Wildman–Crippen MR) is 72.0 cm³/mol. The first-order valence-corrected chi connectivity index (χ1v) is 6.66. The van der Waals surface area contributed by atoms with Crippen LogP contribution in [0.1, 0.15) is 28.8 Å². The highest BCUT2D eigenvalue weighted by molar-refractivity contribution is 5.97. The van der Waals surface area contributed by atoms with E-state index in [0.29, 0.717) is 6.42 Å². The summed E-state index contributed by atoms with van der Waals surface area (Å²) in [5.41, 5.74) is 1.94. The molecule has 1 aromatic carbocycles. The van der Waals surface area contributed by atoms with E-state index in [2.05, 4.69) is 4.90 Å². The lowest BCUT2D eigenvalue weighted by Gasteiger charge is -2.18. The predicted octanol–water partition coefficient (Wildman–Crippen LogP) is 2.29. The summed E-state index contributed by atoms with van der Waals surface area (Å²) in [6, 6.07) is 7.81. The molecule has 0 amide bonds. The zero-order valence-electron chi connectivity index (χ0n) is 11.0. The molecule has 0 bridgehead atoms. The summed E-state index contributed by atoms with van der Waals surface area (Å²) in [5, 5.41) is 0. The van der Waals surface area contributed by atoms with Crippen LogP contribution in [0.25, 0.3) is 0 Å². The number of carbonyl (C=O) groups is 1. The highest BCUT2D eigenvalue weighted by atomic mass is 16.5. The number of ketones is 1. The van der Waals surface area contributed by atoms with Crippen LogP contribution >= 0.6 is 0 Å². The fourth-order valence-electron chi connectivity index (χ4n) is 2.30. The third-order valence-electron chi connectivity index (χ3n) is 3.42. The van der Waals surface area contributed by atoms with Crippen molar-refractivity contribution in [3.8, 4) is 0 Å². The number of nitrogens with zero attached hydrogens (tertiary/aromatic N) is 1. The van der Waals surface area contributed by atoms with Gasteiger partial charge in [0.15, 0.2) is 5.78 Å². The first kappa shape index (κ1) is 13.2. The Morgan fingerprint density at radius 1 is 1.28 bits per heavy atom. The van der Waals surface area contributed by atoms with Gasteiger partial charge in [-0.15, -0.1) is 0 Å². The van der Waals surface area contributed by atoms with Gasteiger partial charge in [0.05, 0.1) is 6.61 Å². The summed E-state index contributed by atoms with van der Waals surface area (Å²) in [4.78, 5) is 14.5. The van der Waals surface area contributed by atoms with E-state index in [1.807, 2.05) is 31.2 Å². The zero-order chi connectivity index (χ0) is 12.8. The van der Waals surface area contributed by atoms with E-state index in [1.54, 1.807) is 0 Å². The normalized spacial score (nSPS) is 17.4. The van der Waals surface area contributed by atoms with Crippen LogP contribution < -0.4 is 0 Å². The highest BCUT2D eigenvalue weighted by Crippen LogP contribution is 2.10. The molecule has 0 aliphatic carbocycles. The molecular weight excluding hydrogens is 226 g/mol. The van der Waals surface area contributed by atoms with Crippen molar-refractivity contribution in [2.24, 2.45) is 0 Å². The minimum atomic E-state index is 0.248. The highest BCUT2D eigenvalue weighted by Gasteiger charge is 2.13. The van der Waals surface area contributed by atoms with Crippen molar-refractivity contribution in [1.82, 2.24) is 4.90 Å². The molecule has 0 atom stereocenters. The molecule has 1 fully saturated rings. The van der Waals surface area contributed by atoms with E-state index in [4.69, 9.17) is 4.74 Å². The molecule has 0 N–H and O–H groups in total. The number of carbonyl (C=O) groups excluding carboxylic acids is 1. The van der Waals surface area contributed by atoms with E-state index in [-0.39, 0.29) is 5.78 Å². The maximum atomic E-state index is 12.1. The fraction of sp³-hybridized carbons (Fsp3) is 0.533. The van der Waals surface area contributed by atoms with Gasteiger partial charge < -0.3 is 9.64 Å². The van der Waals surface area contributed by atoms with E-state index >= 15 is 0 Å². The first-order chi connectivity index (χ1) is 8.77. The van der Waals surface area contributed by atoms with Gasteiger partial charge in [0.2, 0.25) is 0 Å². The molecule has 2 rings (SSSR count). The lowest BCUT2D eigenvalue weighted by atomic mass is 10.0. The molecule has 1 aliphatic rings. The Morgan fingerprint density at radius 3 is 2.94 bits per heavy atom.